The molecule has 0 saturated heterocycles. The van der Waals surface area contributed by atoms with Crippen LogP contribution >= 0.6 is 11.3 Å². The van der Waals surface area contributed by atoms with Gasteiger partial charge in [-0.2, -0.15) is 0 Å². The van der Waals surface area contributed by atoms with Crippen molar-refractivity contribution in [1.29, 1.82) is 0 Å². The van der Waals surface area contributed by atoms with E-state index in [9.17, 15) is 9.59 Å². The number of rotatable bonds is 6. The summed E-state index contributed by atoms with van der Waals surface area (Å²) in [4.78, 5) is 25.4. The number of carbonyl (C=O) groups is 2. The maximum Gasteiger partial charge on any atom is 0.270 e. The molecule has 82 valence electrons. The second-order valence-electron chi connectivity index (χ2n) is 2.93. The molecule has 2 N–H and O–H groups in total. The van der Waals surface area contributed by atoms with Crippen molar-refractivity contribution in [3.8, 4) is 0 Å². The first-order valence-corrected chi connectivity index (χ1v) is 5.49. The Morgan fingerprint density at radius 3 is 3.00 bits per heavy atom. The van der Waals surface area contributed by atoms with E-state index in [2.05, 4.69) is 15.6 Å². The Hall–Kier alpha value is -1.43. The molecule has 5 nitrogen and oxygen atoms in total. The van der Waals surface area contributed by atoms with Crippen LogP contribution in [0.2, 0.25) is 0 Å². The number of amides is 2. The molecule has 1 rings (SSSR count). The molecule has 2 amide bonds. The van der Waals surface area contributed by atoms with Crippen molar-refractivity contribution in [2.45, 2.75) is 13.3 Å². The second kappa shape index (κ2) is 6.13. The molecule has 0 spiro atoms. The summed E-state index contributed by atoms with van der Waals surface area (Å²) in [6.45, 7) is 2.96. The molecule has 1 aromatic heterocycles. The Balaban J connectivity index is 2.22. The quantitative estimate of drug-likeness (QED) is 0.543. The molecule has 0 aliphatic carbocycles. The predicted molar refractivity (Wildman–Crippen MR) is 57.9 cm³/mol. The van der Waals surface area contributed by atoms with E-state index < -0.39 is 0 Å². The molecule has 0 saturated carbocycles. The molecule has 0 fully saturated rings. The van der Waals surface area contributed by atoms with Crippen LogP contribution in [0.15, 0.2) is 5.38 Å². The van der Waals surface area contributed by atoms with Gasteiger partial charge >= 0.3 is 0 Å². The SMILES string of the molecule is Cc1nc(C(=O)NCCCNC=O)cs1. The summed E-state index contributed by atoms with van der Waals surface area (Å²) in [7, 11) is 0. The van der Waals surface area contributed by atoms with E-state index in [-0.39, 0.29) is 5.91 Å². The summed E-state index contributed by atoms with van der Waals surface area (Å²) < 4.78 is 0. The zero-order valence-corrected chi connectivity index (χ0v) is 9.26. The van der Waals surface area contributed by atoms with Crippen LogP contribution < -0.4 is 10.6 Å². The van der Waals surface area contributed by atoms with E-state index in [1.807, 2.05) is 6.92 Å². The number of nitrogens with one attached hydrogen (secondary N) is 2. The molecule has 15 heavy (non-hydrogen) atoms. The lowest BCUT2D eigenvalue weighted by atomic mass is 10.4. The zero-order chi connectivity index (χ0) is 11.1. The number of nitrogens with zero attached hydrogens (tertiary/aromatic N) is 1. The summed E-state index contributed by atoms with van der Waals surface area (Å²) in [5.74, 6) is -0.162. The molecule has 0 atom stereocenters. The topological polar surface area (TPSA) is 71.1 Å². The fourth-order valence-electron chi connectivity index (χ4n) is 1.01. The molecular formula is C9H13N3O2S. The highest BCUT2D eigenvalue weighted by atomic mass is 32.1. The van der Waals surface area contributed by atoms with Crippen molar-refractivity contribution in [2.24, 2.45) is 0 Å². The van der Waals surface area contributed by atoms with Crippen LogP contribution in [0, 0.1) is 6.92 Å². The number of thiazole rings is 1. The lowest BCUT2D eigenvalue weighted by Gasteiger charge is -2.02. The summed E-state index contributed by atoms with van der Waals surface area (Å²) >= 11 is 1.45. The van der Waals surface area contributed by atoms with Gasteiger partial charge in [0.1, 0.15) is 5.69 Å². The second-order valence-corrected chi connectivity index (χ2v) is 4.00. The molecule has 6 heteroatoms. The van der Waals surface area contributed by atoms with Gasteiger partial charge in [-0.05, 0) is 13.3 Å². The van der Waals surface area contributed by atoms with E-state index in [1.54, 1.807) is 5.38 Å². The minimum absolute atomic E-state index is 0.162. The van der Waals surface area contributed by atoms with Gasteiger partial charge in [-0.1, -0.05) is 0 Å². The normalized spacial score (nSPS) is 9.67. The van der Waals surface area contributed by atoms with Crippen molar-refractivity contribution in [3.63, 3.8) is 0 Å². The van der Waals surface area contributed by atoms with E-state index in [4.69, 9.17) is 0 Å². The van der Waals surface area contributed by atoms with E-state index in [0.717, 1.165) is 5.01 Å². The van der Waals surface area contributed by atoms with Gasteiger partial charge in [-0.15, -0.1) is 11.3 Å². The highest BCUT2D eigenvalue weighted by molar-refractivity contribution is 7.09. The Morgan fingerprint density at radius 1 is 1.60 bits per heavy atom. The Kier molecular flexibility index (Phi) is 4.76. The van der Waals surface area contributed by atoms with Crippen LogP contribution in [0.3, 0.4) is 0 Å². The van der Waals surface area contributed by atoms with Crippen LogP contribution in [-0.4, -0.2) is 30.4 Å². The van der Waals surface area contributed by atoms with E-state index in [1.165, 1.54) is 11.3 Å². The highest BCUT2D eigenvalue weighted by Gasteiger charge is 2.07. The third kappa shape index (κ3) is 4.07. The van der Waals surface area contributed by atoms with Crippen molar-refractivity contribution < 1.29 is 9.59 Å². The maximum absolute atomic E-state index is 11.4. The van der Waals surface area contributed by atoms with Crippen molar-refractivity contribution in [3.05, 3.63) is 16.1 Å². The molecule has 0 aliphatic heterocycles. The zero-order valence-electron chi connectivity index (χ0n) is 8.45. The third-order valence-electron chi connectivity index (χ3n) is 1.72. The molecule has 0 radical (unpaired) electrons. The average Bonchev–Trinajstić information content (AvgIpc) is 2.64. The van der Waals surface area contributed by atoms with Gasteiger partial charge < -0.3 is 10.6 Å². The van der Waals surface area contributed by atoms with Gasteiger partial charge in [0.2, 0.25) is 6.41 Å². The molecular weight excluding hydrogens is 214 g/mol. The third-order valence-corrected chi connectivity index (χ3v) is 2.49. The fraction of sp³-hybridized carbons (Fsp3) is 0.444. The number of aromatic nitrogens is 1. The van der Waals surface area contributed by atoms with Crippen LogP contribution in [-0.2, 0) is 4.79 Å². The van der Waals surface area contributed by atoms with Gasteiger partial charge in [0.05, 0.1) is 5.01 Å². The Bertz CT molecular complexity index is 338. The van der Waals surface area contributed by atoms with E-state index in [0.29, 0.717) is 31.6 Å². The monoisotopic (exact) mass is 227 g/mol. The largest absolute Gasteiger partial charge is 0.359 e. The molecule has 0 bridgehead atoms. The first kappa shape index (κ1) is 11.6. The molecule has 0 unspecified atom stereocenters. The standard InChI is InChI=1S/C9H13N3O2S/c1-7-12-8(5-15-7)9(14)11-4-2-3-10-6-13/h5-6H,2-4H2,1H3,(H,10,13)(H,11,14). The van der Waals surface area contributed by atoms with Crippen LogP contribution in [0.1, 0.15) is 21.9 Å². The molecule has 0 aliphatic rings. The highest BCUT2D eigenvalue weighted by Crippen LogP contribution is 2.07. The van der Waals surface area contributed by atoms with Gasteiger partial charge in [-0.25, -0.2) is 4.98 Å². The fourth-order valence-corrected chi connectivity index (χ4v) is 1.60. The Morgan fingerprint density at radius 2 is 2.40 bits per heavy atom. The average molecular weight is 227 g/mol. The molecule has 1 heterocycles. The van der Waals surface area contributed by atoms with Crippen molar-refractivity contribution >= 4 is 23.7 Å². The first-order chi connectivity index (χ1) is 7.24. The first-order valence-electron chi connectivity index (χ1n) is 4.61. The maximum atomic E-state index is 11.4. The summed E-state index contributed by atoms with van der Waals surface area (Å²) in [5, 5.41) is 7.85. The van der Waals surface area contributed by atoms with Crippen LogP contribution in [0.4, 0.5) is 0 Å². The minimum Gasteiger partial charge on any atom is -0.359 e. The minimum atomic E-state index is -0.162. The predicted octanol–water partition coefficient (Wildman–Crippen LogP) is 0.317. The molecule has 1 aromatic rings. The van der Waals surface area contributed by atoms with Gasteiger partial charge in [0.15, 0.2) is 0 Å². The number of aryl methyl sites for hydroxylation is 1. The smallest absolute Gasteiger partial charge is 0.270 e. The summed E-state index contributed by atoms with van der Waals surface area (Å²) in [6.07, 6.45) is 1.36. The number of hydrogen-bond donors (Lipinski definition) is 2. The summed E-state index contributed by atoms with van der Waals surface area (Å²) in [5.41, 5.74) is 0.459. The van der Waals surface area contributed by atoms with Crippen LogP contribution in [0.25, 0.3) is 0 Å². The lowest BCUT2D eigenvalue weighted by Crippen LogP contribution is -2.27. The number of hydrogen-bond acceptors (Lipinski definition) is 4. The number of carbonyl (C=O) groups excluding carboxylic acids is 2. The summed E-state index contributed by atoms with van der Waals surface area (Å²) in [6, 6.07) is 0. The van der Waals surface area contributed by atoms with Crippen molar-refractivity contribution in [2.75, 3.05) is 13.1 Å². The van der Waals surface area contributed by atoms with Crippen molar-refractivity contribution in [1.82, 2.24) is 15.6 Å². The van der Waals surface area contributed by atoms with Gasteiger partial charge in [0, 0.05) is 18.5 Å². The lowest BCUT2D eigenvalue weighted by molar-refractivity contribution is -0.109. The van der Waals surface area contributed by atoms with E-state index >= 15 is 0 Å². The van der Waals surface area contributed by atoms with Crippen LogP contribution in [0.5, 0.6) is 0 Å². The molecule has 0 aromatic carbocycles. The Labute approximate surface area is 91.9 Å². The van der Waals surface area contributed by atoms with Gasteiger partial charge in [0.25, 0.3) is 5.91 Å². The van der Waals surface area contributed by atoms with Gasteiger partial charge in [-0.3, -0.25) is 9.59 Å².